The van der Waals surface area contributed by atoms with Crippen LogP contribution in [0.4, 0.5) is 5.82 Å². The molecule has 6 nitrogen and oxygen atoms in total. The van der Waals surface area contributed by atoms with Crippen molar-refractivity contribution in [2.24, 2.45) is 0 Å². The first-order valence-corrected chi connectivity index (χ1v) is 6.70. The van der Waals surface area contributed by atoms with Crippen molar-refractivity contribution in [1.29, 1.82) is 0 Å². The minimum atomic E-state index is 0. The van der Waals surface area contributed by atoms with Crippen molar-refractivity contribution in [2.45, 2.75) is 18.9 Å². The van der Waals surface area contributed by atoms with Crippen molar-refractivity contribution in [3.05, 3.63) is 10.0 Å². The highest BCUT2D eigenvalue weighted by Gasteiger charge is 2.21. The third kappa shape index (κ3) is 3.04. The molecule has 9 heteroatoms. The zero-order valence-electron chi connectivity index (χ0n) is 10.0. The Morgan fingerprint density at radius 1 is 1.26 bits per heavy atom. The summed E-state index contributed by atoms with van der Waals surface area (Å²) in [7, 11) is 0. The van der Waals surface area contributed by atoms with Crippen LogP contribution in [0.15, 0.2) is 6.33 Å². The van der Waals surface area contributed by atoms with Gasteiger partial charge in [0, 0.05) is 0 Å². The summed E-state index contributed by atoms with van der Waals surface area (Å²) in [6, 6.07) is 0.413. The molecule has 1 aliphatic rings. The van der Waals surface area contributed by atoms with E-state index in [1.54, 1.807) is 0 Å². The van der Waals surface area contributed by atoms with E-state index in [2.05, 4.69) is 43.0 Å². The smallest absolute Gasteiger partial charge is 0.164 e. The molecular weight excluding hydrogens is 402 g/mol. The van der Waals surface area contributed by atoms with Gasteiger partial charge in [0.05, 0.1) is 11.4 Å². The Hall–Kier alpha value is -0.380. The molecule has 0 bridgehead atoms. The third-order valence-corrected chi connectivity index (χ3v) is 3.89. The number of piperidine rings is 1. The topological polar surface area (TPSA) is 81.7 Å². The molecule has 0 unspecified atom stereocenters. The molecule has 3 rings (SSSR count). The SMILES string of the molecule is Cl.Cl.Nc1ncnc2c1c(I)nn2C1CCNCC1. The highest BCUT2D eigenvalue weighted by Crippen LogP contribution is 2.27. The van der Waals surface area contributed by atoms with Crippen LogP contribution in [0, 0.1) is 3.70 Å². The number of hydrogen-bond acceptors (Lipinski definition) is 5. The lowest BCUT2D eigenvalue weighted by molar-refractivity contribution is 0.348. The molecule has 0 spiro atoms. The highest BCUT2D eigenvalue weighted by molar-refractivity contribution is 14.1. The van der Waals surface area contributed by atoms with Gasteiger partial charge in [0.25, 0.3) is 0 Å². The Morgan fingerprint density at radius 3 is 2.63 bits per heavy atom. The van der Waals surface area contributed by atoms with Gasteiger partial charge in [0.2, 0.25) is 0 Å². The summed E-state index contributed by atoms with van der Waals surface area (Å²) >= 11 is 2.19. The molecule has 19 heavy (non-hydrogen) atoms. The van der Waals surface area contributed by atoms with Crippen molar-refractivity contribution in [3.8, 4) is 0 Å². The normalized spacial score (nSPS) is 15.8. The Kier molecular flexibility index (Phi) is 6.03. The summed E-state index contributed by atoms with van der Waals surface area (Å²) in [6.45, 7) is 2.06. The van der Waals surface area contributed by atoms with E-state index >= 15 is 0 Å². The number of hydrogen-bond donors (Lipinski definition) is 2. The lowest BCUT2D eigenvalue weighted by Gasteiger charge is -2.23. The number of anilines is 1. The first-order chi connectivity index (χ1) is 8.27. The molecular formula is C10H15Cl2IN6. The Labute approximate surface area is 136 Å². The van der Waals surface area contributed by atoms with E-state index in [4.69, 9.17) is 5.73 Å². The number of rotatable bonds is 1. The molecule has 106 valence electrons. The van der Waals surface area contributed by atoms with Gasteiger partial charge in [0.1, 0.15) is 15.8 Å². The van der Waals surface area contributed by atoms with E-state index in [0.717, 1.165) is 40.7 Å². The summed E-state index contributed by atoms with van der Waals surface area (Å²) in [4.78, 5) is 8.34. The number of nitrogens with zero attached hydrogens (tertiary/aromatic N) is 4. The van der Waals surface area contributed by atoms with E-state index in [9.17, 15) is 0 Å². The molecule has 3 N–H and O–H groups in total. The number of nitrogens with two attached hydrogens (primary N) is 1. The largest absolute Gasteiger partial charge is 0.383 e. The number of nitrogen functional groups attached to an aromatic ring is 1. The van der Waals surface area contributed by atoms with E-state index in [-0.39, 0.29) is 24.8 Å². The number of aromatic nitrogens is 4. The lowest BCUT2D eigenvalue weighted by Crippen LogP contribution is -2.30. The van der Waals surface area contributed by atoms with Crippen LogP contribution in [0.2, 0.25) is 0 Å². The molecule has 1 saturated heterocycles. The van der Waals surface area contributed by atoms with E-state index in [1.807, 2.05) is 4.68 Å². The Bertz CT molecular complexity index is 554. The van der Waals surface area contributed by atoms with Crippen LogP contribution in [0.3, 0.4) is 0 Å². The average Bonchev–Trinajstić information content (AvgIpc) is 2.69. The molecule has 2 aromatic heterocycles. The third-order valence-electron chi connectivity index (χ3n) is 3.13. The molecule has 0 amide bonds. The van der Waals surface area contributed by atoms with E-state index in [1.165, 1.54) is 6.33 Å². The lowest BCUT2D eigenvalue weighted by atomic mass is 10.1. The minimum Gasteiger partial charge on any atom is -0.383 e. The highest BCUT2D eigenvalue weighted by atomic mass is 127. The molecule has 0 aromatic carbocycles. The Balaban J connectivity index is 0.000000902. The first kappa shape index (κ1) is 16.7. The van der Waals surface area contributed by atoms with Gasteiger partial charge in [-0.3, -0.25) is 0 Å². The van der Waals surface area contributed by atoms with Crippen LogP contribution < -0.4 is 11.1 Å². The first-order valence-electron chi connectivity index (χ1n) is 5.62. The van der Waals surface area contributed by atoms with Crippen LogP contribution in [-0.4, -0.2) is 32.8 Å². The van der Waals surface area contributed by atoms with E-state index in [0.29, 0.717) is 11.9 Å². The maximum atomic E-state index is 5.88. The fraction of sp³-hybridized carbons (Fsp3) is 0.500. The van der Waals surface area contributed by atoms with Gasteiger partial charge in [-0.1, -0.05) is 0 Å². The number of nitrogens with one attached hydrogen (secondary N) is 1. The summed E-state index contributed by atoms with van der Waals surface area (Å²) in [5, 5.41) is 8.80. The van der Waals surface area contributed by atoms with Crippen molar-refractivity contribution in [3.63, 3.8) is 0 Å². The van der Waals surface area contributed by atoms with Crippen LogP contribution in [0.25, 0.3) is 11.0 Å². The standard InChI is InChI=1S/C10H13IN6.2ClH/c11-8-7-9(12)14-5-15-10(7)17(16-8)6-1-3-13-4-2-6;;/h5-6,13H,1-4H2,(H2,12,14,15);2*1H. The molecule has 1 aliphatic heterocycles. The van der Waals surface area contributed by atoms with Crippen LogP contribution in [0.5, 0.6) is 0 Å². The average molecular weight is 417 g/mol. The van der Waals surface area contributed by atoms with Crippen molar-refractivity contribution in [2.75, 3.05) is 18.8 Å². The van der Waals surface area contributed by atoms with Gasteiger partial charge in [0.15, 0.2) is 5.65 Å². The molecule has 0 saturated carbocycles. The quantitative estimate of drug-likeness (QED) is 0.692. The maximum Gasteiger partial charge on any atom is 0.164 e. The van der Waals surface area contributed by atoms with E-state index < -0.39 is 0 Å². The summed E-state index contributed by atoms with van der Waals surface area (Å²) in [5.41, 5.74) is 6.73. The molecule has 2 aromatic rings. The van der Waals surface area contributed by atoms with Crippen LogP contribution in [-0.2, 0) is 0 Å². The summed E-state index contributed by atoms with van der Waals surface area (Å²) < 4.78 is 2.89. The monoisotopic (exact) mass is 416 g/mol. The predicted octanol–water partition coefficient (Wildman–Crippen LogP) is 1.78. The second kappa shape index (κ2) is 6.87. The summed E-state index contributed by atoms with van der Waals surface area (Å²) in [6.07, 6.45) is 3.67. The van der Waals surface area contributed by atoms with Crippen molar-refractivity contribution < 1.29 is 0 Å². The molecule has 3 heterocycles. The number of fused-ring (bicyclic) bond motifs is 1. The minimum absolute atomic E-state index is 0. The van der Waals surface area contributed by atoms with Gasteiger partial charge in [-0.25, -0.2) is 14.6 Å². The van der Waals surface area contributed by atoms with Gasteiger partial charge in [-0.15, -0.1) is 24.8 Å². The van der Waals surface area contributed by atoms with Gasteiger partial charge in [-0.05, 0) is 48.5 Å². The molecule has 0 aliphatic carbocycles. The zero-order chi connectivity index (χ0) is 11.8. The molecule has 0 radical (unpaired) electrons. The fourth-order valence-corrected chi connectivity index (χ4v) is 3.01. The van der Waals surface area contributed by atoms with Crippen molar-refractivity contribution >= 4 is 64.3 Å². The zero-order valence-corrected chi connectivity index (χ0v) is 13.8. The second-order valence-electron chi connectivity index (χ2n) is 4.17. The maximum absolute atomic E-state index is 5.88. The Morgan fingerprint density at radius 2 is 1.95 bits per heavy atom. The van der Waals surface area contributed by atoms with Gasteiger partial charge >= 0.3 is 0 Å². The second-order valence-corrected chi connectivity index (χ2v) is 5.20. The summed E-state index contributed by atoms with van der Waals surface area (Å²) in [5.74, 6) is 0.514. The predicted molar refractivity (Wildman–Crippen MR) is 88.1 cm³/mol. The van der Waals surface area contributed by atoms with Gasteiger partial charge < -0.3 is 11.1 Å². The van der Waals surface area contributed by atoms with Gasteiger partial charge in [-0.2, -0.15) is 5.10 Å². The van der Waals surface area contributed by atoms with Crippen LogP contribution in [0.1, 0.15) is 18.9 Å². The number of halogens is 3. The fourth-order valence-electron chi connectivity index (χ4n) is 2.26. The molecule has 1 fully saturated rings. The van der Waals surface area contributed by atoms with Crippen LogP contribution >= 0.6 is 47.4 Å². The molecule has 0 atom stereocenters. The van der Waals surface area contributed by atoms with Crippen molar-refractivity contribution in [1.82, 2.24) is 25.1 Å².